The molecule has 0 unspecified atom stereocenters. The Morgan fingerprint density at radius 1 is 1.00 bits per heavy atom. The first-order chi connectivity index (χ1) is 14.1. The van der Waals surface area contributed by atoms with E-state index in [1.54, 1.807) is 49.6 Å². The van der Waals surface area contributed by atoms with Crippen LogP contribution in [0.25, 0.3) is 0 Å². The maximum Gasteiger partial charge on any atom is 0.353 e. The standard InChI is InChI=1S/C19H17N5O5/c1-27-14-4-2-3-12(9-14)22-18-17(24(25)26)19(21-11-20-18)23-13-5-6-15-16(10-13)29-8-7-28-15/h2-6,9-11H,7-8H2,1H3,(H2,20,21,22,23). The van der Waals surface area contributed by atoms with Gasteiger partial charge in [-0.1, -0.05) is 6.07 Å². The number of nitro groups is 1. The zero-order valence-electron chi connectivity index (χ0n) is 15.4. The highest BCUT2D eigenvalue weighted by molar-refractivity contribution is 5.77. The fourth-order valence-corrected chi connectivity index (χ4v) is 2.83. The van der Waals surface area contributed by atoms with E-state index in [2.05, 4.69) is 20.6 Å². The molecule has 10 nitrogen and oxygen atoms in total. The summed E-state index contributed by atoms with van der Waals surface area (Å²) in [5, 5.41) is 17.7. The zero-order chi connectivity index (χ0) is 20.2. The van der Waals surface area contributed by atoms with Gasteiger partial charge in [-0.05, 0) is 24.3 Å². The molecule has 10 heteroatoms. The average molecular weight is 395 g/mol. The summed E-state index contributed by atoms with van der Waals surface area (Å²) in [6, 6.07) is 12.2. The number of anilines is 4. The normalized spacial score (nSPS) is 12.2. The van der Waals surface area contributed by atoms with Crippen molar-refractivity contribution < 1.29 is 19.1 Å². The second-order valence-electron chi connectivity index (χ2n) is 6.02. The highest BCUT2D eigenvalue weighted by Gasteiger charge is 2.24. The van der Waals surface area contributed by atoms with Crippen LogP contribution in [0.3, 0.4) is 0 Å². The molecule has 0 saturated carbocycles. The smallest absolute Gasteiger partial charge is 0.353 e. The van der Waals surface area contributed by atoms with Crippen LogP contribution in [-0.2, 0) is 0 Å². The predicted molar refractivity (Wildman–Crippen MR) is 106 cm³/mol. The monoisotopic (exact) mass is 395 g/mol. The highest BCUT2D eigenvalue weighted by Crippen LogP contribution is 2.37. The SMILES string of the molecule is COc1cccc(Nc2ncnc(Nc3ccc4c(c3)OCCO4)c2[N+](=O)[O-])c1. The van der Waals surface area contributed by atoms with Crippen molar-refractivity contribution in [1.82, 2.24) is 9.97 Å². The van der Waals surface area contributed by atoms with Crippen LogP contribution in [0.1, 0.15) is 0 Å². The molecule has 2 aromatic carbocycles. The van der Waals surface area contributed by atoms with Crippen molar-refractivity contribution in [3.8, 4) is 17.2 Å². The van der Waals surface area contributed by atoms with Gasteiger partial charge in [0.25, 0.3) is 0 Å². The van der Waals surface area contributed by atoms with Gasteiger partial charge in [0.2, 0.25) is 11.6 Å². The van der Waals surface area contributed by atoms with Gasteiger partial charge in [0.1, 0.15) is 25.3 Å². The summed E-state index contributed by atoms with van der Waals surface area (Å²) in [5.74, 6) is 1.90. The Hall–Kier alpha value is -4.08. The molecule has 148 valence electrons. The minimum atomic E-state index is -0.539. The molecule has 2 heterocycles. The van der Waals surface area contributed by atoms with Crippen molar-refractivity contribution in [2.24, 2.45) is 0 Å². The van der Waals surface area contributed by atoms with Crippen LogP contribution >= 0.6 is 0 Å². The largest absolute Gasteiger partial charge is 0.497 e. The second kappa shape index (κ2) is 7.89. The van der Waals surface area contributed by atoms with Crippen LogP contribution in [0.2, 0.25) is 0 Å². The molecule has 0 bridgehead atoms. The summed E-state index contributed by atoms with van der Waals surface area (Å²) in [6.45, 7) is 0.926. The molecule has 1 aromatic heterocycles. The van der Waals surface area contributed by atoms with Crippen LogP contribution < -0.4 is 24.8 Å². The minimum absolute atomic E-state index is 0.0482. The second-order valence-corrected chi connectivity index (χ2v) is 6.02. The summed E-state index contributed by atoms with van der Waals surface area (Å²) < 4.78 is 16.2. The fourth-order valence-electron chi connectivity index (χ4n) is 2.83. The first kappa shape index (κ1) is 18.3. The van der Waals surface area contributed by atoms with Crippen molar-refractivity contribution in [3.05, 3.63) is 58.9 Å². The molecule has 0 fully saturated rings. The summed E-state index contributed by atoms with van der Waals surface area (Å²) in [5.41, 5.74) is 0.880. The number of hydrogen-bond acceptors (Lipinski definition) is 9. The fraction of sp³-hybridized carbons (Fsp3) is 0.158. The van der Waals surface area contributed by atoms with Gasteiger partial charge in [0.05, 0.1) is 12.0 Å². The number of hydrogen-bond donors (Lipinski definition) is 2. The van der Waals surface area contributed by atoms with Crippen molar-refractivity contribution in [3.63, 3.8) is 0 Å². The van der Waals surface area contributed by atoms with E-state index in [0.29, 0.717) is 41.8 Å². The van der Waals surface area contributed by atoms with Gasteiger partial charge >= 0.3 is 5.69 Å². The number of rotatable bonds is 6. The maximum absolute atomic E-state index is 11.8. The van der Waals surface area contributed by atoms with Crippen LogP contribution in [0, 0.1) is 10.1 Å². The molecule has 3 aromatic rings. The molecule has 0 spiro atoms. The lowest BCUT2D eigenvalue weighted by Crippen LogP contribution is -2.15. The molecule has 1 aliphatic rings. The molecule has 0 amide bonds. The van der Waals surface area contributed by atoms with E-state index >= 15 is 0 Å². The maximum atomic E-state index is 11.8. The molecule has 4 rings (SSSR count). The van der Waals surface area contributed by atoms with Crippen LogP contribution in [0.15, 0.2) is 48.8 Å². The summed E-state index contributed by atoms with van der Waals surface area (Å²) >= 11 is 0. The van der Waals surface area contributed by atoms with Gasteiger partial charge in [-0.3, -0.25) is 10.1 Å². The van der Waals surface area contributed by atoms with Crippen LogP contribution in [-0.4, -0.2) is 35.2 Å². The topological polar surface area (TPSA) is 121 Å². The van der Waals surface area contributed by atoms with Crippen molar-refractivity contribution >= 4 is 28.7 Å². The van der Waals surface area contributed by atoms with E-state index in [-0.39, 0.29) is 17.3 Å². The van der Waals surface area contributed by atoms with Crippen LogP contribution in [0.4, 0.5) is 28.7 Å². The Kier molecular flexibility index (Phi) is 4.97. The summed E-state index contributed by atoms with van der Waals surface area (Å²) in [4.78, 5) is 19.3. The minimum Gasteiger partial charge on any atom is -0.497 e. The molecule has 2 N–H and O–H groups in total. The number of benzene rings is 2. The molecular formula is C19H17N5O5. The molecule has 0 radical (unpaired) electrons. The van der Waals surface area contributed by atoms with E-state index < -0.39 is 4.92 Å². The third-order valence-electron chi connectivity index (χ3n) is 4.14. The lowest BCUT2D eigenvalue weighted by Gasteiger charge is -2.19. The van der Waals surface area contributed by atoms with Crippen molar-refractivity contribution in [2.45, 2.75) is 0 Å². The molecule has 0 saturated heterocycles. The van der Waals surface area contributed by atoms with Crippen LogP contribution in [0.5, 0.6) is 17.2 Å². The molecular weight excluding hydrogens is 378 g/mol. The molecule has 0 atom stereocenters. The van der Waals surface area contributed by atoms with E-state index in [4.69, 9.17) is 14.2 Å². The number of nitrogens with zero attached hydrogens (tertiary/aromatic N) is 3. The van der Waals surface area contributed by atoms with Gasteiger partial charge in [-0.25, -0.2) is 9.97 Å². The van der Waals surface area contributed by atoms with Gasteiger partial charge in [-0.2, -0.15) is 0 Å². The van der Waals surface area contributed by atoms with Crippen molar-refractivity contribution in [2.75, 3.05) is 31.0 Å². The van der Waals surface area contributed by atoms with Gasteiger partial charge in [0, 0.05) is 23.5 Å². The first-order valence-corrected chi connectivity index (χ1v) is 8.71. The van der Waals surface area contributed by atoms with E-state index in [0.717, 1.165) is 0 Å². The number of aromatic nitrogens is 2. The van der Waals surface area contributed by atoms with Gasteiger partial charge in [0.15, 0.2) is 11.5 Å². The molecule has 1 aliphatic heterocycles. The molecule has 0 aliphatic carbocycles. The number of ether oxygens (including phenoxy) is 3. The van der Waals surface area contributed by atoms with Gasteiger partial charge < -0.3 is 24.8 Å². The Labute approximate surface area is 165 Å². The first-order valence-electron chi connectivity index (χ1n) is 8.71. The number of fused-ring (bicyclic) bond motifs is 1. The Balaban J connectivity index is 1.65. The average Bonchev–Trinajstić information content (AvgIpc) is 2.74. The zero-order valence-corrected chi connectivity index (χ0v) is 15.4. The predicted octanol–water partition coefficient (Wildman–Crippen LogP) is 3.65. The Morgan fingerprint density at radius 3 is 2.38 bits per heavy atom. The van der Waals surface area contributed by atoms with E-state index in [1.807, 2.05) is 0 Å². The quantitative estimate of drug-likeness (QED) is 0.476. The lowest BCUT2D eigenvalue weighted by atomic mass is 10.2. The highest BCUT2D eigenvalue weighted by atomic mass is 16.6. The number of nitrogens with one attached hydrogen (secondary N) is 2. The summed E-state index contributed by atoms with van der Waals surface area (Å²) in [6.07, 6.45) is 1.25. The third-order valence-corrected chi connectivity index (χ3v) is 4.14. The van der Waals surface area contributed by atoms with Gasteiger partial charge in [-0.15, -0.1) is 0 Å². The third kappa shape index (κ3) is 3.95. The summed E-state index contributed by atoms with van der Waals surface area (Å²) in [7, 11) is 1.54. The van der Waals surface area contributed by atoms with Crippen molar-refractivity contribution in [1.29, 1.82) is 0 Å². The Morgan fingerprint density at radius 2 is 1.69 bits per heavy atom. The Bertz CT molecular complexity index is 1060. The van der Waals surface area contributed by atoms with E-state index in [1.165, 1.54) is 6.33 Å². The molecule has 29 heavy (non-hydrogen) atoms. The van der Waals surface area contributed by atoms with E-state index in [9.17, 15) is 10.1 Å². The number of methoxy groups -OCH3 is 1. The lowest BCUT2D eigenvalue weighted by molar-refractivity contribution is -0.383.